The predicted octanol–water partition coefficient (Wildman–Crippen LogP) is 3.80. The van der Waals surface area contributed by atoms with Gasteiger partial charge in [-0.2, -0.15) is 0 Å². The van der Waals surface area contributed by atoms with Gasteiger partial charge in [0.25, 0.3) is 5.91 Å². The average Bonchev–Trinajstić information content (AvgIpc) is 2.60. The van der Waals surface area contributed by atoms with Crippen molar-refractivity contribution in [3.05, 3.63) is 30.3 Å². The van der Waals surface area contributed by atoms with Gasteiger partial charge in [0.15, 0.2) is 6.10 Å². The van der Waals surface area contributed by atoms with Crippen molar-refractivity contribution in [3.63, 3.8) is 0 Å². The van der Waals surface area contributed by atoms with E-state index in [1.807, 2.05) is 30.3 Å². The number of para-hydroxylation sites is 1. The monoisotopic (exact) mass is 341 g/mol. The third-order valence-electron chi connectivity index (χ3n) is 6.58. The number of hydrogen-bond donors (Lipinski definition) is 0. The Balaban J connectivity index is 1.43. The van der Waals surface area contributed by atoms with Gasteiger partial charge in [0.05, 0.1) is 5.41 Å². The first kappa shape index (κ1) is 16.6. The molecular weight excluding hydrogens is 314 g/mol. The maximum Gasteiger partial charge on any atom is 0.312 e. The molecule has 1 aromatic rings. The van der Waals surface area contributed by atoms with Gasteiger partial charge in [0, 0.05) is 12.7 Å². The van der Waals surface area contributed by atoms with Crippen molar-refractivity contribution in [3.8, 4) is 0 Å². The Morgan fingerprint density at radius 2 is 1.56 bits per heavy atom. The minimum atomic E-state index is -0.745. The lowest BCUT2D eigenvalue weighted by Gasteiger charge is -2.55. The molecule has 0 unspecified atom stereocenters. The highest BCUT2D eigenvalue weighted by molar-refractivity contribution is 5.97. The molecule has 4 saturated carbocycles. The van der Waals surface area contributed by atoms with Crippen LogP contribution in [0.1, 0.15) is 45.4 Å². The highest BCUT2D eigenvalue weighted by Gasteiger charge is 2.55. The first-order valence-corrected chi connectivity index (χ1v) is 9.50. The lowest BCUT2D eigenvalue weighted by atomic mass is 9.49. The highest BCUT2D eigenvalue weighted by atomic mass is 16.5. The Morgan fingerprint density at radius 3 is 2.08 bits per heavy atom. The van der Waals surface area contributed by atoms with E-state index in [0.717, 1.165) is 24.9 Å². The van der Waals surface area contributed by atoms with Crippen LogP contribution in [0.4, 0.5) is 5.69 Å². The van der Waals surface area contributed by atoms with Crippen LogP contribution in [0.25, 0.3) is 0 Å². The fourth-order valence-electron chi connectivity index (χ4n) is 5.75. The summed E-state index contributed by atoms with van der Waals surface area (Å²) < 4.78 is 5.71. The molecule has 0 aromatic heterocycles. The number of hydrogen-bond acceptors (Lipinski definition) is 3. The number of likely N-dealkylation sites (N-methyl/N-ethyl adjacent to an activating group) is 1. The van der Waals surface area contributed by atoms with E-state index < -0.39 is 6.10 Å². The van der Waals surface area contributed by atoms with E-state index in [-0.39, 0.29) is 17.3 Å². The van der Waals surface area contributed by atoms with Crippen LogP contribution in [0.2, 0.25) is 0 Å². The summed E-state index contributed by atoms with van der Waals surface area (Å²) in [6.45, 7) is 1.69. The van der Waals surface area contributed by atoms with Crippen LogP contribution in [-0.2, 0) is 14.3 Å². The van der Waals surface area contributed by atoms with E-state index in [9.17, 15) is 9.59 Å². The van der Waals surface area contributed by atoms with Crippen LogP contribution >= 0.6 is 0 Å². The number of anilines is 1. The van der Waals surface area contributed by atoms with Crippen molar-refractivity contribution in [1.82, 2.24) is 0 Å². The quantitative estimate of drug-likeness (QED) is 0.783. The molecule has 1 amide bonds. The van der Waals surface area contributed by atoms with Crippen LogP contribution in [0, 0.1) is 23.2 Å². The molecule has 4 nitrogen and oxygen atoms in total. The second kappa shape index (κ2) is 6.15. The van der Waals surface area contributed by atoms with Gasteiger partial charge in [-0.15, -0.1) is 0 Å². The van der Waals surface area contributed by atoms with Gasteiger partial charge in [0.1, 0.15) is 0 Å². The number of nitrogens with zero attached hydrogens (tertiary/aromatic N) is 1. The van der Waals surface area contributed by atoms with Crippen molar-refractivity contribution < 1.29 is 14.3 Å². The van der Waals surface area contributed by atoms with Gasteiger partial charge in [0.2, 0.25) is 0 Å². The normalized spacial score (nSPS) is 33.8. The summed E-state index contributed by atoms with van der Waals surface area (Å²) in [5.74, 6) is 1.77. The van der Waals surface area contributed by atoms with Gasteiger partial charge in [-0.05, 0) is 75.3 Å². The van der Waals surface area contributed by atoms with Crippen molar-refractivity contribution >= 4 is 17.6 Å². The number of esters is 1. The third kappa shape index (κ3) is 2.96. The van der Waals surface area contributed by atoms with E-state index >= 15 is 0 Å². The van der Waals surface area contributed by atoms with Gasteiger partial charge in [-0.3, -0.25) is 9.59 Å². The maximum atomic E-state index is 13.0. The standard InChI is InChI=1S/C21H27NO3/c1-14(19(23)22(2)18-6-4-3-5-7-18)25-20(24)21-11-15-8-16(12-21)10-17(9-15)13-21/h3-7,14-17H,8-13H2,1-2H3/t14-,15?,16?,17?,21?/m1/s1. The second-order valence-corrected chi connectivity index (χ2v) is 8.48. The number of amides is 1. The summed E-state index contributed by atoms with van der Waals surface area (Å²) in [4.78, 5) is 27.2. The Hall–Kier alpha value is -1.84. The van der Waals surface area contributed by atoms with Gasteiger partial charge in [-0.1, -0.05) is 18.2 Å². The van der Waals surface area contributed by atoms with Crippen molar-refractivity contribution in [2.45, 2.75) is 51.6 Å². The molecule has 0 aliphatic heterocycles. The molecule has 0 saturated heterocycles. The van der Waals surface area contributed by atoms with Crippen molar-refractivity contribution in [2.75, 3.05) is 11.9 Å². The largest absolute Gasteiger partial charge is 0.452 e. The maximum absolute atomic E-state index is 13.0. The van der Waals surface area contributed by atoms with Crippen LogP contribution in [-0.4, -0.2) is 25.0 Å². The third-order valence-corrected chi connectivity index (χ3v) is 6.58. The van der Waals surface area contributed by atoms with Crippen LogP contribution in [0.5, 0.6) is 0 Å². The van der Waals surface area contributed by atoms with E-state index in [1.54, 1.807) is 18.9 Å². The average molecular weight is 341 g/mol. The van der Waals surface area contributed by atoms with E-state index in [4.69, 9.17) is 4.74 Å². The molecule has 4 fully saturated rings. The zero-order chi connectivity index (χ0) is 17.6. The molecular formula is C21H27NO3. The predicted molar refractivity (Wildman–Crippen MR) is 96.0 cm³/mol. The van der Waals surface area contributed by atoms with Crippen molar-refractivity contribution in [2.24, 2.45) is 23.2 Å². The van der Waals surface area contributed by atoms with Gasteiger partial charge >= 0.3 is 5.97 Å². The molecule has 1 aromatic carbocycles. The zero-order valence-corrected chi connectivity index (χ0v) is 15.1. The first-order valence-electron chi connectivity index (χ1n) is 9.50. The van der Waals surface area contributed by atoms with E-state index in [2.05, 4.69) is 0 Å². The summed E-state index contributed by atoms with van der Waals surface area (Å²) in [6.07, 6.45) is 6.02. The summed E-state index contributed by atoms with van der Waals surface area (Å²) in [5, 5.41) is 0. The van der Waals surface area contributed by atoms with Crippen LogP contribution < -0.4 is 4.90 Å². The molecule has 4 aliphatic carbocycles. The van der Waals surface area contributed by atoms with E-state index in [1.165, 1.54) is 19.3 Å². The lowest BCUT2D eigenvalue weighted by molar-refractivity contribution is -0.178. The van der Waals surface area contributed by atoms with Gasteiger partial charge in [-0.25, -0.2) is 0 Å². The Bertz CT molecular complexity index is 634. The minimum absolute atomic E-state index is 0.131. The summed E-state index contributed by atoms with van der Waals surface area (Å²) in [6, 6.07) is 9.46. The lowest BCUT2D eigenvalue weighted by Crippen LogP contribution is -2.52. The molecule has 0 radical (unpaired) electrons. The SMILES string of the molecule is C[C@@H](OC(=O)C12CC3CC(CC(C3)C1)C2)C(=O)N(C)c1ccccc1. The summed E-state index contributed by atoms with van der Waals surface area (Å²) in [5.41, 5.74) is 0.499. The topological polar surface area (TPSA) is 46.6 Å². The van der Waals surface area contributed by atoms with Crippen LogP contribution in [0.15, 0.2) is 30.3 Å². The summed E-state index contributed by atoms with van der Waals surface area (Å²) in [7, 11) is 1.73. The number of rotatable bonds is 4. The first-order chi connectivity index (χ1) is 12.0. The summed E-state index contributed by atoms with van der Waals surface area (Å²) >= 11 is 0. The molecule has 4 aliphatic rings. The molecule has 0 heterocycles. The van der Waals surface area contributed by atoms with Crippen molar-refractivity contribution in [1.29, 1.82) is 0 Å². The van der Waals surface area contributed by atoms with E-state index in [0.29, 0.717) is 17.8 Å². The Labute approximate surface area is 149 Å². The smallest absolute Gasteiger partial charge is 0.312 e. The van der Waals surface area contributed by atoms with Crippen LogP contribution in [0.3, 0.4) is 0 Å². The Morgan fingerprint density at radius 1 is 1.04 bits per heavy atom. The van der Waals surface area contributed by atoms with Gasteiger partial charge < -0.3 is 9.64 Å². The number of carbonyl (C=O) groups is 2. The minimum Gasteiger partial charge on any atom is -0.452 e. The zero-order valence-electron chi connectivity index (χ0n) is 15.1. The molecule has 4 heteroatoms. The second-order valence-electron chi connectivity index (χ2n) is 8.48. The molecule has 25 heavy (non-hydrogen) atoms. The highest BCUT2D eigenvalue weighted by Crippen LogP contribution is 2.60. The Kier molecular flexibility index (Phi) is 4.09. The fraction of sp³-hybridized carbons (Fsp3) is 0.619. The molecule has 5 rings (SSSR count). The molecule has 0 spiro atoms. The molecule has 0 N–H and O–H groups in total. The number of carbonyl (C=O) groups excluding carboxylic acids is 2. The molecule has 134 valence electrons. The fourth-order valence-corrected chi connectivity index (χ4v) is 5.75. The molecule has 4 bridgehead atoms. The molecule has 1 atom stereocenters. The number of ether oxygens (including phenoxy) is 1. The number of benzene rings is 1.